The summed E-state index contributed by atoms with van der Waals surface area (Å²) in [5, 5.41) is 2.35. The molecule has 0 spiro atoms. The lowest BCUT2D eigenvalue weighted by atomic mass is 10.0. The molecule has 23 heavy (non-hydrogen) atoms. The van der Waals surface area contributed by atoms with Gasteiger partial charge in [0.25, 0.3) is 0 Å². The maximum atomic E-state index is 5.80. The highest BCUT2D eigenvalue weighted by Crippen LogP contribution is 2.22. The van der Waals surface area contributed by atoms with E-state index in [0.717, 1.165) is 16.5 Å². The molecule has 0 aliphatic carbocycles. The van der Waals surface area contributed by atoms with Gasteiger partial charge in [-0.25, -0.2) is 4.99 Å². The number of ether oxygens (including phenoxy) is 1. The van der Waals surface area contributed by atoms with Crippen molar-refractivity contribution in [1.82, 2.24) is 0 Å². The Morgan fingerprint density at radius 1 is 0.870 bits per heavy atom. The van der Waals surface area contributed by atoms with Crippen molar-refractivity contribution in [3.63, 3.8) is 0 Å². The predicted molar refractivity (Wildman–Crippen MR) is 93.5 cm³/mol. The average Bonchev–Trinajstić information content (AvgIpc) is 3.09. The molecule has 1 heterocycles. The summed E-state index contributed by atoms with van der Waals surface area (Å²) in [4.78, 5) is 4.64. The van der Waals surface area contributed by atoms with E-state index in [0.29, 0.717) is 12.5 Å². The summed E-state index contributed by atoms with van der Waals surface area (Å²) in [6, 6.07) is 24.3. The fourth-order valence-corrected chi connectivity index (χ4v) is 2.70. The van der Waals surface area contributed by atoms with Crippen LogP contribution in [0.15, 0.2) is 77.8 Å². The van der Waals surface area contributed by atoms with Crippen molar-refractivity contribution in [2.45, 2.75) is 6.04 Å². The Kier molecular flexibility index (Phi) is 3.54. The molecule has 1 aliphatic heterocycles. The molecular weight excluding hydrogens is 282 g/mol. The molecule has 0 N–H and O–H groups in total. The van der Waals surface area contributed by atoms with E-state index in [1.807, 2.05) is 54.6 Å². The number of nitrogens with zero attached hydrogens (tertiary/aromatic N) is 1. The van der Waals surface area contributed by atoms with Crippen LogP contribution in [-0.2, 0) is 4.74 Å². The summed E-state index contributed by atoms with van der Waals surface area (Å²) in [6.07, 6.45) is 0. The number of fused-ring (bicyclic) bond motifs is 1. The molecule has 110 valence electrons. The van der Waals surface area contributed by atoms with E-state index in [9.17, 15) is 0 Å². The molecule has 0 saturated carbocycles. The molecule has 4 rings (SSSR count). The molecule has 1 aliphatic rings. The SMILES string of the molecule is C(#C[C@@H]1COC(c2cccc3ccccc23)=N1)c1ccccc1. The van der Waals surface area contributed by atoms with Crippen LogP contribution in [0, 0.1) is 11.8 Å². The Morgan fingerprint density at radius 3 is 2.57 bits per heavy atom. The largest absolute Gasteiger partial charge is 0.474 e. The highest BCUT2D eigenvalue weighted by molar-refractivity contribution is 6.07. The van der Waals surface area contributed by atoms with Crippen LogP contribution in [0.3, 0.4) is 0 Å². The van der Waals surface area contributed by atoms with E-state index in [1.54, 1.807) is 0 Å². The topological polar surface area (TPSA) is 21.6 Å². The van der Waals surface area contributed by atoms with Gasteiger partial charge in [-0.2, -0.15) is 0 Å². The third kappa shape index (κ3) is 2.82. The van der Waals surface area contributed by atoms with Crippen LogP contribution in [-0.4, -0.2) is 18.5 Å². The van der Waals surface area contributed by atoms with Crippen molar-refractivity contribution in [1.29, 1.82) is 0 Å². The van der Waals surface area contributed by atoms with E-state index in [4.69, 9.17) is 4.74 Å². The lowest BCUT2D eigenvalue weighted by Gasteiger charge is -2.05. The lowest BCUT2D eigenvalue weighted by Crippen LogP contribution is -2.03. The lowest BCUT2D eigenvalue weighted by molar-refractivity contribution is 0.334. The molecule has 2 heteroatoms. The van der Waals surface area contributed by atoms with Crippen LogP contribution >= 0.6 is 0 Å². The van der Waals surface area contributed by atoms with E-state index < -0.39 is 0 Å². The molecule has 3 aromatic rings. The fraction of sp³-hybridized carbons (Fsp3) is 0.0952. The second-order valence-electron chi connectivity index (χ2n) is 5.42. The van der Waals surface area contributed by atoms with Gasteiger partial charge in [-0.05, 0) is 29.0 Å². The van der Waals surface area contributed by atoms with E-state index in [2.05, 4.69) is 35.0 Å². The van der Waals surface area contributed by atoms with Crippen LogP contribution in [0.1, 0.15) is 11.1 Å². The summed E-state index contributed by atoms with van der Waals surface area (Å²) >= 11 is 0. The van der Waals surface area contributed by atoms with Gasteiger partial charge in [0.1, 0.15) is 12.6 Å². The molecule has 3 aromatic carbocycles. The standard InChI is InChI=1S/C21H15NO/c1-2-7-16(8-3-1)13-14-18-15-23-21(22-18)20-12-6-10-17-9-4-5-11-19(17)20/h1-12,18H,15H2/t18-/m1/s1. The van der Waals surface area contributed by atoms with Crippen LogP contribution in [0.2, 0.25) is 0 Å². The van der Waals surface area contributed by atoms with Gasteiger partial charge >= 0.3 is 0 Å². The third-order valence-electron chi connectivity index (χ3n) is 3.83. The Balaban J connectivity index is 1.65. The van der Waals surface area contributed by atoms with Crippen molar-refractivity contribution in [3.05, 3.63) is 83.9 Å². The van der Waals surface area contributed by atoms with Gasteiger partial charge in [0, 0.05) is 11.1 Å². The first kappa shape index (κ1) is 13.6. The molecule has 0 unspecified atom stereocenters. The molecule has 0 radical (unpaired) electrons. The van der Waals surface area contributed by atoms with E-state index >= 15 is 0 Å². The number of hydrogen-bond acceptors (Lipinski definition) is 2. The first-order valence-corrected chi connectivity index (χ1v) is 7.65. The first-order chi connectivity index (χ1) is 11.4. The van der Waals surface area contributed by atoms with Gasteiger partial charge in [0.05, 0.1) is 0 Å². The smallest absolute Gasteiger partial charge is 0.218 e. The van der Waals surface area contributed by atoms with E-state index in [1.165, 1.54) is 5.39 Å². The summed E-state index contributed by atoms with van der Waals surface area (Å²) in [7, 11) is 0. The Hall–Kier alpha value is -3.05. The molecule has 0 amide bonds. The minimum Gasteiger partial charge on any atom is -0.474 e. The normalized spacial score (nSPS) is 16.3. The van der Waals surface area contributed by atoms with Gasteiger partial charge in [0.2, 0.25) is 5.90 Å². The maximum absolute atomic E-state index is 5.80. The molecule has 0 saturated heterocycles. The van der Waals surface area contributed by atoms with Crippen LogP contribution in [0.4, 0.5) is 0 Å². The second-order valence-corrected chi connectivity index (χ2v) is 5.42. The fourth-order valence-electron chi connectivity index (χ4n) is 2.70. The molecule has 1 atom stereocenters. The summed E-state index contributed by atoms with van der Waals surface area (Å²) in [5.41, 5.74) is 2.04. The summed E-state index contributed by atoms with van der Waals surface area (Å²) < 4.78 is 5.80. The molecule has 0 aromatic heterocycles. The zero-order chi connectivity index (χ0) is 15.5. The maximum Gasteiger partial charge on any atom is 0.218 e. The van der Waals surface area contributed by atoms with E-state index in [-0.39, 0.29) is 6.04 Å². The monoisotopic (exact) mass is 297 g/mol. The minimum absolute atomic E-state index is 0.107. The van der Waals surface area contributed by atoms with Crippen molar-refractivity contribution in [3.8, 4) is 11.8 Å². The van der Waals surface area contributed by atoms with Gasteiger partial charge in [-0.15, -0.1) is 0 Å². The van der Waals surface area contributed by atoms with Crippen molar-refractivity contribution < 1.29 is 4.74 Å². The molecule has 0 bridgehead atoms. The number of aliphatic imine (C=N–C) groups is 1. The number of hydrogen-bond donors (Lipinski definition) is 0. The molecule has 2 nitrogen and oxygen atoms in total. The minimum atomic E-state index is -0.107. The highest BCUT2D eigenvalue weighted by atomic mass is 16.5. The highest BCUT2D eigenvalue weighted by Gasteiger charge is 2.19. The van der Waals surface area contributed by atoms with Gasteiger partial charge in [0.15, 0.2) is 0 Å². The Morgan fingerprint density at radius 2 is 1.65 bits per heavy atom. The number of rotatable bonds is 1. The Bertz CT molecular complexity index is 927. The number of benzene rings is 3. The van der Waals surface area contributed by atoms with Crippen molar-refractivity contribution in [2.75, 3.05) is 6.61 Å². The third-order valence-corrected chi connectivity index (χ3v) is 3.83. The van der Waals surface area contributed by atoms with Gasteiger partial charge < -0.3 is 4.74 Å². The predicted octanol–water partition coefficient (Wildman–Crippen LogP) is 4.04. The van der Waals surface area contributed by atoms with Gasteiger partial charge in [-0.3, -0.25) is 0 Å². The Labute approximate surface area is 135 Å². The second kappa shape index (κ2) is 5.98. The van der Waals surface area contributed by atoms with Crippen LogP contribution < -0.4 is 0 Å². The quantitative estimate of drug-likeness (QED) is 0.621. The van der Waals surface area contributed by atoms with Crippen molar-refractivity contribution in [2.24, 2.45) is 4.99 Å². The zero-order valence-electron chi connectivity index (χ0n) is 12.6. The summed E-state index contributed by atoms with van der Waals surface area (Å²) in [6.45, 7) is 0.512. The van der Waals surface area contributed by atoms with Crippen molar-refractivity contribution >= 4 is 16.7 Å². The molecule has 0 fully saturated rings. The average molecular weight is 297 g/mol. The summed E-state index contributed by atoms with van der Waals surface area (Å²) in [5.74, 6) is 7.03. The zero-order valence-corrected chi connectivity index (χ0v) is 12.6. The first-order valence-electron chi connectivity index (χ1n) is 7.65. The van der Waals surface area contributed by atoms with Crippen LogP contribution in [0.25, 0.3) is 10.8 Å². The van der Waals surface area contributed by atoms with Crippen LogP contribution in [0.5, 0.6) is 0 Å². The van der Waals surface area contributed by atoms with Gasteiger partial charge in [-0.1, -0.05) is 66.4 Å². The molecular formula is C21H15NO.